The van der Waals surface area contributed by atoms with E-state index in [1.54, 1.807) is 48.2 Å². The highest BCUT2D eigenvalue weighted by Crippen LogP contribution is 2.31. The summed E-state index contributed by atoms with van der Waals surface area (Å²) in [4.78, 5) is 81.4. The van der Waals surface area contributed by atoms with Crippen molar-refractivity contribution in [1.29, 1.82) is 0 Å². The number of piperidine rings is 1. The first kappa shape index (κ1) is 53.8. The molecule has 70 heavy (non-hydrogen) atoms. The number of nitrogens with two attached hydrogens (primary N) is 1. The lowest BCUT2D eigenvalue weighted by molar-refractivity contribution is -0.144. The third kappa shape index (κ3) is 14.1. The second-order valence-electron chi connectivity index (χ2n) is 18.9. The Balaban J connectivity index is 0.898. The number of carbonyl (C=O) groups is 5. The van der Waals surface area contributed by atoms with Gasteiger partial charge in [-0.15, -0.1) is 11.3 Å². The Bertz CT molecular complexity index is 2640. The number of sulfonamides is 1. The number of anilines is 3. The van der Waals surface area contributed by atoms with Gasteiger partial charge in [0.25, 0.3) is 5.91 Å². The Kier molecular flexibility index (Phi) is 18.1. The average molecular weight is 1070 g/mol. The molecule has 8 N–H and O–H groups in total. The summed E-state index contributed by atoms with van der Waals surface area (Å²) in [5.41, 5.74) is 11.1. The summed E-state index contributed by atoms with van der Waals surface area (Å²) in [6, 6.07) is 10.8. The minimum Gasteiger partial charge on any atom is -0.391 e. The molecule has 0 radical (unpaired) electrons. The van der Waals surface area contributed by atoms with Crippen molar-refractivity contribution in [3.63, 3.8) is 0 Å². The molecule has 2 aromatic heterocycles. The van der Waals surface area contributed by atoms with Crippen molar-refractivity contribution in [1.82, 2.24) is 40.1 Å². The van der Waals surface area contributed by atoms with E-state index in [9.17, 15) is 37.5 Å². The number of likely N-dealkylation sites (tertiary alicyclic amines) is 1. The van der Waals surface area contributed by atoms with Crippen molar-refractivity contribution in [3.8, 4) is 10.4 Å². The number of halogens is 1. The maximum Gasteiger partial charge on any atom is 0.251 e. The molecule has 4 aromatic rings. The lowest BCUT2D eigenvalue weighted by atomic mass is 9.85. The number of nitrogens with one attached hydrogen (secondary N) is 5. The number of aliphatic hydroxyl groups excluding tert-OH is 1. The molecule has 0 bridgehead atoms. The van der Waals surface area contributed by atoms with Crippen molar-refractivity contribution in [3.05, 3.63) is 81.0 Å². The molecule has 2 aromatic carbocycles. The Labute approximate surface area is 421 Å². The highest BCUT2D eigenvalue weighted by molar-refractivity contribution is 9.10. The molecule has 22 heteroatoms. The molecule has 0 spiro atoms. The number of benzene rings is 2. The lowest BCUT2D eigenvalue weighted by Gasteiger charge is -2.35. The van der Waals surface area contributed by atoms with Crippen molar-refractivity contribution >= 4 is 84.3 Å². The standard InChI is InChI=1S/C48H64BrN11O8S2/c1-28-10-9-11-36(40(28)43(50)64)56-44-35(49)25-52-47(58-44)55-33-18-21-59(22-19-33)70(67,68)23-20-51-38(62)12-7-8-13-39(63)57-42(48(4,5)6)46(66)60-26-34(61)24-37(60)45(65)54-29(2)31-14-16-32(17-15-31)41-30(3)53-27-69-41/h9-11,14-17,25,27,29,33-34,37,42,61H,7-8,12-13,18-24,26H2,1-6H3,(H2,50,64)(H,51,62)(H,54,65)(H,57,63)(H2,52,55,56,58)/t29-,34+,37-,42+/m0/s1. The lowest BCUT2D eigenvalue weighted by Crippen LogP contribution is -2.57. The summed E-state index contributed by atoms with van der Waals surface area (Å²) < 4.78 is 28.4. The van der Waals surface area contributed by atoms with Crippen LogP contribution in [0.1, 0.15) is 106 Å². The number of aromatic nitrogens is 3. The Morgan fingerprint density at radius 2 is 1.66 bits per heavy atom. The Morgan fingerprint density at radius 3 is 2.30 bits per heavy atom. The monoisotopic (exact) mass is 1070 g/mol. The zero-order valence-corrected chi connectivity index (χ0v) is 43.6. The first-order chi connectivity index (χ1) is 33.1. The second kappa shape index (κ2) is 23.6. The summed E-state index contributed by atoms with van der Waals surface area (Å²) in [6.45, 7) is 11.5. The van der Waals surface area contributed by atoms with Gasteiger partial charge < -0.3 is 42.3 Å². The molecule has 2 saturated heterocycles. The highest BCUT2D eigenvalue weighted by atomic mass is 79.9. The fourth-order valence-electron chi connectivity index (χ4n) is 8.57. The van der Waals surface area contributed by atoms with Gasteiger partial charge in [-0.05, 0) is 90.6 Å². The fourth-order valence-corrected chi connectivity index (χ4v) is 11.1. The van der Waals surface area contributed by atoms with Crippen molar-refractivity contribution in [2.75, 3.05) is 42.6 Å². The molecule has 2 aliphatic heterocycles. The summed E-state index contributed by atoms with van der Waals surface area (Å²) in [7, 11) is -3.66. The van der Waals surface area contributed by atoms with Gasteiger partial charge >= 0.3 is 0 Å². The molecule has 0 saturated carbocycles. The van der Waals surface area contributed by atoms with E-state index in [0.717, 1.165) is 27.3 Å². The van der Waals surface area contributed by atoms with Crippen LogP contribution in [0.5, 0.6) is 0 Å². The van der Waals surface area contributed by atoms with Crippen LogP contribution in [0, 0.1) is 19.3 Å². The number of amides is 5. The third-order valence-corrected chi connectivity index (χ3v) is 15.9. The van der Waals surface area contributed by atoms with Gasteiger partial charge in [0.15, 0.2) is 0 Å². The number of hydrogen-bond donors (Lipinski definition) is 7. The van der Waals surface area contributed by atoms with Crippen LogP contribution in [0.15, 0.2) is 58.6 Å². The van der Waals surface area contributed by atoms with Crippen LogP contribution in [-0.2, 0) is 29.2 Å². The number of thiazole rings is 1. The topological polar surface area (TPSA) is 271 Å². The summed E-state index contributed by atoms with van der Waals surface area (Å²) in [5, 5.41) is 25.6. The van der Waals surface area contributed by atoms with Crippen LogP contribution in [0.3, 0.4) is 0 Å². The average Bonchev–Trinajstić information content (AvgIpc) is 3.92. The maximum absolute atomic E-state index is 14.1. The quantitative estimate of drug-likeness (QED) is 0.0571. The van der Waals surface area contributed by atoms with Crippen molar-refractivity contribution < 1.29 is 37.5 Å². The van der Waals surface area contributed by atoms with E-state index in [0.29, 0.717) is 53.2 Å². The van der Waals surface area contributed by atoms with E-state index in [1.165, 1.54) is 9.21 Å². The van der Waals surface area contributed by atoms with Crippen molar-refractivity contribution in [2.24, 2.45) is 11.1 Å². The van der Waals surface area contributed by atoms with Gasteiger partial charge in [-0.3, -0.25) is 24.0 Å². The normalized spacial score (nSPS) is 17.6. The molecule has 19 nitrogen and oxygen atoms in total. The number of primary amides is 1. The van der Waals surface area contributed by atoms with E-state index < -0.39 is 57.3 Å². The third-order valence-electron chi connectivity index (χ3n) is 12.5. The first-order valence-electron chi connectivity index (χ1n) is 23.4. The number of nitrogens with zero attached hydrogens (tertiary/aromatic N) is 5. The molecule has 378 valence electrons. The van der Waals surface area contributed by atoms with E-state index in [1.807, 2.05) is 58.9 Å². The summed E-state index contributed by atoms with van der Waals surface area (Å²) in [6.07, 6.45) is 2.54. The van der Waals surface area contributed by atoms with Gasteiger partial charge in [-0.2, -0.15) is 4.98 Å². The molecule has 2 fully saturated rings. The number of unbranched alkanes of at least 4 members (excludes halogenated alkanes) is 1. The van der Waals surface area contributed by atoms with Crippen LogP contribution in [0.4, 0.5) is 17.5 Å². The second-order valence-corrected chi connectivity index (χ2v) is 22.7. The minimum atomic E-state index is -3.66. The van der Waals surface area contributed by atoms with Crippen molar-refractivity contribution in [2.45, 2.75) is 117 Å². The van der Waals surface area contributed by atoms with Gasteiger partial charge in [0, 0.05) is 57.7 Å². The Morgan fingerprint density at radius 1 is 0.971 bits per heavy atom. The van der Waals surface area contributed by atoms with Gasteiger partial charge in [0.2, 0.25) is 39.6 Å². The molecular formula is C48H64BrN11O8S2. The van der Waals surface area contributed by atoms with E-state index in [2.05, 4.69) is 57.5 Å². The number of β-amino-alcohol motifs (C(OH)–C–C–N with tert-alkyl or cyclic N) is 1. The minimum absolute atomic E-state index is 0.0366. The number of aryl methyl sites for hydroxylation is 2. The molecular weight excluding hydrogens is 1000 g/mol. The van der Waals surface area contributed by atoms with Crippen LogP contribution in [-0.4, -0.2) is 123 Å². The maximum atomic E-state index is 14.1. The predicted molar refractivity (Wildman–Crippen MR) is 273 cm³/mol. The van der Waals surface area contributed by atoms with Gasteiger partial charge in [0.05, 0.1) is 49.7 Å². The molecule has 4 atom stereocenters. The molecule has 6 rings (SSSR count). The van der Waals surface area contributed by atoms with Crippen LogP contribution < -0.4 is 32.3 Å². The van der Waals surface area contributed by atoms with E-state index in [4.69, 9.17) is 5.73 Å². The van der Waals surface area contributed by atoms with Crippen LogP contribution in [0.2, 0.25) is 0 Å². The van der Waals surface area contributed by atoms with Gasteiger partial charge in [0.1, 0.15) is 17.9 Å². The van der Waals surface area contributed by atoms with E-state index >= 15 is 0 Å². The summed E-state index contributed by atoms with van der Waals surface area (Å²) >= 11 is 5.00. The number of aliphatic hydroxyl groups is 1. The predicted octanol–water partition coefficient (Wildman–Crippen LogP) is 5.07. The fraction of sp³-hybridized carbons (Fsp3) is 0.500. The SMILES string of the molecule is Cc1cccc(Nc2nc(NC3CCN(S(=O)(=O)CCNC(=O)CCCCC(=O)N[C@H](C(=O)N4C[C@H](O)C[C@H]4C(=O)N[C@@H](C)c4ccc(-c5scnc5C)cc4)C(C)(C)C)CC3)ncc2Br)c1C(N)=O. The van der Waals surface area contributed by atoms with Crippen LogP contribution >= 0.6 is 27.3 Å². The summed E-state index contributed by atoms with van der Waals surface area (Å²) in [5.74, 6) is -1.69. The zero-order valence-electron chi connectivity index (χ0n) is 40.4. The first-order valence-corrected chi connectivity index (χ1v) is 26.7. The number of hydrogen-bond acceptors (Lipinski definition) is 14. The van der Waals surface area contributed by atoms with Gasteiger partial charge in [-0.1, -0.05) is 57.2 Å². The Hall–Kier alpha value is -5.55. The molecule has 0 aliphatic carbocycles. The number of rotatable bonds is 20. The number of carbonyl (C=O) groups excluding carboxylic acids is 5. The van der Waals surface area contributed by atoms with Gasteiger partial charge in [-0.25, -0.2) is 22.7 Å². The largest absolute Gasteiger partial charge is 0.391 e. The molecule has 5 amide bonds. The zero-order chi connectivity index (χ0) is 50.9. The molecule has 4 heterocycles. The highest BCUT2D eigenvalue weighted by Gasteiger charge is 2.44. The smallest absolute Gasteiger partial charge is 0.251 e. The van der Waals surface area contributed by atoms with E-state index in [-0.39, 0.29) is 69.2 Å². The van der Waals surface area contributed by atoms with Crippen LogP contribution in [0.25, 0.3) is 10.4 Å². The molecule has 2 aliphatic rings. The molecule has 0 unspecified atom stereocenters.